The third-order valence-corrected chi connectivity index (χ3v) is 3.62. The smallest absolute Gasteiger partial charge is 0.219 e. The Morgan fingerprint density at radius 1 is 1.36 bits per heavy atom. The van der Waals surface area contributed by atoms with E-state index in [-0.39, 0.29) is 5.91 Å². The minimum absolute atomic E-state index is 0.231. The maximum absolute atomic E-state index is 11.3. The van der Waals surface area contributed by atoms with E-state index >= 15 is 0 Å². The summed E-state index contributed by atoms with van der Waals surface area (Å²) < 4.78 is 0. The average molecular weight is 196 g/mol. The number of carbonyl (C=O) groups is 1. The Morgan fingerprint density at radius 3 is 2.71 bits per heavy atom. The van der Waals surface area contributed by atoms with Crippen molar-refractivity contribution in [3.05, 3.63) is 0 Å². The molecule has 0 bridgehead atoms. The van der Waals surface area contributed by atoms with Gasteiger partial charge >= 0.3 is 0 Å². The summed E-state index contributed by atoms with van der Waals surface area (Å²) in [5.74, 6) is 1.05. The van der Waals surface area contributed by atoms with Gasteiger partial charge < -0.3 is 10.2 Å². The predicted octanol–water partition coefficient (Wildman–Crippen LogP) is 0.997. The summed E-state index contributed by atoms with van der Waals surface area (Å²) in [6.45, 7) is 4.47. The fourth-order valence-corrected chi connectivity index (χ4v) is 2.74. The van der Waals surface area contributed by atoms with Crippen molar-refractivity contribution in [2.24, 2.45) is 5.92 Å². The van der Waals surface area contributed by atoms with Crippen molar-refractivity contribution in [1.82, 2.24) is 10.2 Å². The van der Waals surface area contributed by atoms with Crippen LogP contribution in [0, 0.1) is 5.92 Å². The monoisotopic (exact) mass is 196 g/mol. The highest BCUT2D eigenvalue weighted by Gasteiger charge is 2.29. The van der Waals surface area contributed by atoms with Crippen LogP contribution in [0.2, 0.25) is 0 Å². The van der Waals surface area contributed by atoms with E-state index in [0.717, 1.165) is 25.6 Å². The molecular weight excluding hydrogens is 176 g/mol. The molecule has 0 spiro atoms. The van der Waals surface area contributed by atoms with Crippen LogP contribution in [0.3, 0.4) is 0 Å². The van der Waals surface area contributed by atoms with E-state index in [1.165, 1.54) is 25.7 Å². The summed E-state index contributed by atoms with van der Waals surface area (Å²) in [5, 5.41) is 3.55. The highest BCUT2D eigenvalue weighted by Crippen LogP contribution is 2.28. The standard InChI is InChI=1S/C11H20N2O/c1-9(14)13-7-6-12-11(8-13)10-4-2-3-5-10/h10-12H,2-8H2,1H3. The molecule has 1 aliphatic heterocycles. The lowest BCUT2D eigenvalue weighted by atomic mass is 9.96. The van der Waals surface area contributed by atoms with Gasteiger partial charge in [0.2, 0.25) is 5.91 Å². The van der Waals surface area contributed by atoms with Gasteiger partial charge in [-0.3, -0.25) is 4.79 Å². The van der Waals surface area contributed by atoms with Gasteiger partial charge in [-0.1, -0.05) is 12.8 Å². The third-order valence-electron chi connectivity index (χ3n) is 3.62. The van der Waals surface area contributed by atoms with Gasteiger partial charge in [-0.2, -0.15) is 0 Å². The predicted molar refractivity (Wildman–Crippen MR) is 56.0 cm³/mol. The van der Waals surface area contributed by atoms with Gasteiger partial charge in [-0.05, 0) is 18.8 Å². The zero-order valence-electron chi connectivity index (χ0n) is 8.96. The van der Waals surface area contributed by atoms with Crippen LogP contribution in [0.25, 0.3) is 0 Å². The van der Waals surface area contributed by atoms with E-state index in [0.29, 0.717) is 6.04 Å². The van der Waals surface area contributed by atoms with Gasteiger partial charge in [0.1, 0.15) is 0 Å². The number of rotatable bonds is 1. The Hall–Kier alpha value is -0.570. The minimum Gasteiger partial charge on any atom is -0.340 e. The van der Waals surface area contributed by atoms with E-state index in [1.54, 1.807) is 6.92 Å². The average Bonchev–Trinajstić information content (AvgIpc) is 2.71. The molecule has 2 rings (SSSR count). The second-order valence-corrected chi connectivity index (χ2v) is 4.57. The van der Waals surface area contributed by atoms with Crippen LogP contribution >= 0.6 is 0 Å². The minimum atomic E-state index is 0.231. The van der Waals surface area contributed by atoms with Crippen LogP contribution in [0.15, 0.2) is 0 Å². The van der Waals surface area contributed by atoms with Crippen molar-refractivity contribution >= 4 is 5.91 Å². The highest BCUT2D eigenvalue weighted by atomic mass is 16.2. The Bertz CT molecular complexity index is 211. The van der Waals surface area contributed by atoms with Crippen molar-refractivity contribution in [3.8, 4) is 0 Å². The van der Waals surface area contributed by atoms with Gasteiger partial charge in [-0.15, -0.1) is 0 Å². The first-order chi connectivity index (χ1) is 6.77. The molecule has 1 unspecified atom stereocenters. The molecule has 2 fully saturated rings. The number of amides is 1. The maximum atomic E-state index is 11.3. The summed E-state index contributed by atoms with van der Waals surface area (Å²) in [7, 11) is 0. The summed E-state index contributed by atoms with van der Waals surface area (Å²) in [4.78, 5) is 13.2. The first-order valence-electron chi connectivity index (χ1n) is 5.76. The van der Waals surface area contributed by atoms with E-state index < -0.39 is 0 Å². The molecule has 80 valence electrons. The Kier molecular flexibility index (Phi) is 3.06. The zero-order valence-corrected chi connectivity index (χ0v) is 8.96. The molecule has 3 nitrogen and oxygen atoms in total. The highest BCUT2D eigenvalue weighted by molar-refractivity contribution is 5.73. The molecule has 0 aromatic rings. The van der Waals surface area contributed by atoms with Crippen molar-refractivity contribution in [2.75, 3.05) is 19.6 Å². The quantitative estimate of drug-likeness (QED) is 0.678. The number of hydrogen-bond donors (Lipinski definition) is 1. The van der Waals surface area contributed by atoms with E-state index in [2.05, 4.69) is 5.32 Å². The largest absolute Gasteiger partial charge is 0.340 e. The first kappa shape index (κ1) is 9.97. The molecule has 1 saturated heterocycles. The van der Waals surface area contributed by atoms with Crippen LogP contribution in [0.1, 0.15) is 32.6 Å². The van der Waals surface area contributed by atoms with Gasteiger partial charge in [-0.25, -0.2) is 0 Å². The lowest BCUT2D eigenvalue weighted by molar-refractivity contribution is -0.130. The van der Waals surface area contributed by atoms with Gasteiger partial charge in [0.05, 0.1) is 0 Å². The molecule has 3 heteroatoms. The van der Waals surface area contributed by atoms with Crippen molar-refractivity contribution < 1.29 is 4.79 Å². The molecular formula is C11H20N2O. The van der Waals surface area contributed by atoms with Crippen LogP contribution < -0.4 is 5.32 Å². The number of carbonyl (C=O) groups excluding carboxylic acids is 1. The summed E-state index contributed by atoms with van der Waals surface area (Å²) in [6.07, 6.45) is 5.46. The number of hydrogen-bond acceptors (Lipinski definition) is 2. The first-order valence-corrected chi connectivity index (χ1v) is 5.76. The van der Waals surface area contributed by atoms with Gasteiger partial charge in [0.15, 0.2) is 0 Å². The Balaban J connectivity index is 1.89. The number of piperazine rings is 1. The fraction of sp³-hybridized carbons (Fsp3) is 0.909. The molecule has 1 saturated carbocycles. The molecule has 1 N–H and O–H groups in total. The molecule has 1 amide bonds. The molecule has 1 atom stereocenters. The molecule has 0 radical (unpaired) electrons. The molecule has 1 aliphatic carbocycles. The summed E-state index contributed by atoms with van der Waals surface area (Å²) in [6, 6.07) is 0.565. The van der Waals surface area contributed by atoms with Crippen LogP contribution in [-0.4, -0.2) is 36.5 Å². The van der Waals surface area contributed by atoms with Crippen LogP contribution in [0.5, 0.6) is 0 Å². The molecule has 2 aliphatic rings. The van der Waals surface area contributed by atoms with E-state index in [4.69, 9.17) is 0 Å². The third kappa shape index (κ3) is 2.08. The number of nitrogens with zero attached hydrogens (tertiary/aromatic N) is 1. The second-order valence-electron chi connectivity index (χ2n) is 4.57. The molecule has 0 aromatic carbocycles. The molecule has 1 heterocycles. The number of nitrogens with one attached hydrogen (secondary N) is 1. The fourth-order valence-electron chi connectivity index (χ4n) is 2.74. The van der Waals surface area contributed by atoms with Gasteiger partial charge in [0, 0.05) is 32.6 Å². The van der Waals surface area contributed by atoms with Crippen LogP contribution in [-0.2, 0) is 4.79 Å². The lowest BCUT2D eigenvalue weighted by Crippen LogP contribution is -2.54. The SMILES string of the molecule is CC(=O)N1CCNC(C2CCCC2)C1. The van der Waals surface area contributed by atoms with Crippen molar-refractivity contribution in [2.45, 2.75) is 38.6 Å². The van der Waals surface area contributed by atoms with Crippen molar-refractivity contribution in [3.63, 3.8) is 0 Å². The zero-order chi connectivity index (χ0) is 9.97. The van der Waals surface area contributed by atoms with E-state index in [1.807, 2.05) is 4.90 Å². The second kappa shape index (κ2) is 4.30. The van der Waals surface area contributed by atoms with Crippen molar-refractivity contribution in [1.29, 1.82) is 0 Å². The van der Waals surface area contributed by atoms with Gasteiger partial charge in [0.25, 0.3) is 0 Å². The lowest BCUT2D eigenvalue weighted by Gasteiger charge is -2.36. The molecule has 14 heavy (non-hydrogen) atoms. The van der Waals surface area contributed by atoms with Crippen LogP contribution in [0.4, 0.5) is 0 Å². The Morgan fingerprint density at radius 2 is 2.07 bits per heavy atom. The molecule has 0 aromatic heterocycles. The maximum Gasteiger partial charge on any atom is 0.219 e. The normalized spacial score (nSPS) is 29.5. The summed E-state index contributed by atoms with van der Waals surface area (Å²) >= 11 is 0. The van der Waals surface area contributed by atoms with E-state index in [9.17, 15) is 4.79 Å². The topological polar surface area (TPSA) is 32.3 Å². The Labute approximate surface area is 85.8 Å². The summed E-state index contributed by atoms with van der Waals surface area (Å²) in [5.41, 5.74) is 0.